The summed E-state index contributed by atoms with van der Waals surface area (Å²) in [6.07, 6.45) is 0. The van der Waals surface area contributed by atoms with Crippen molar-refractivity contribution in [1.82, 2.24) is 0 Å². The second-order valence-corrected chi connectivity index (χ2v) is 4.60. The van der Waals surface area contributed by atoms with Crippen molar-refractivity contribution >= 4 is 17.0 Å². The number of thiophene rings is 1. The molecule has 1 nitrogen and oxygen atoms in total. The third kappa shape index (κ3) is 1.53. The molecule has 0 amide bonds. The van der Waals surface area contributed by atoms with Gasteiger partial charge in [0.05, 0.1) is 0 Å². The average Bonchev–Trinajstić information content (AvgIpc) is 2.52. The van der Waals surface area contributed by atoms with Gasteiger partial charge in [-0.15, -0.1) is 11.3 Å². The van der Waals surface area contributed by atoms with Crippen molar-refractivity contribution in [3.8, 4) is 11.1 Å². The van der Waals surface area contributed by atoms with Gasteiger partial charge in [0.15, 0.2) is 0 Å². The topological polar surface area (TPSA) is 26.0 Å². The number of hydrogen-bond acceptors (Lipinski definition) is 2. The van der Waals surface area contributed by atoms with Gasteiger partial charge in [0.25, 0.3) is 0 Å². The fraction of sp³-hybridized carbons (Fsp3) is 0.167. The normalized spacial score (nSPS) is 10.4. The van der Waals surface area contributed by atoms with E-state index in [2.05, 4.69) is 37.4 Å². The fourth-order valence-electron chi connectivity index (χ4n) is 1.59. The molecule has 1 heterocycles. The highest BCUT2D eigenvalue weighted by Crippen LogP contribution is 2.31. The van der Waals surface area contributed by atoms with Crippen molar-refractivity contribution in [2.24, 2.45) is 0 Å². The Morgan fingerprint density at radius 2 is 1.86 bits per heavy atom. The van der Waals surface area contributed by atoms with Gasteiger partial charge in [0.2, 0.25) is 0 Å². The maximum atomic E-state index is 5.99. The molecule has 2 aromatic rings. The Labute approximate surface area is 88.2 Å². The first-order valence-corrected chi connectivity index (χ1v) is 5.47. The molecule has 0 bridgehead atoms. The molecule has 0 aliphatic carbocycles. The Morgan fingerprint density at radius 3 is 2.43 bits per heavy atom. The molecule has 2 heteroatoms. The minimum absolute atomic E-state index is 0.867. The molecule has 0 aliphatic heterocycles. The second-order valence-electron chi connectivity index (χ2n) is 3.48. The standard InChI is InChI=1S/C12H13NS/c1-8-3-4-11(12(13)7-8)10-5-6-14-9(10)2/h3-7H,13H2,1-2H3. The SMILES string of the molecule is Cc1ccc(-c2ccsc2C)c(N)c1. The molecular weight excluding hydrogens is 190 g/mol. The van der Waals surface area contributed by atoms with Crippen molar-refractivity contribution in [3.05, 3.63) is 40.1 Å². The van der Waals surface area contributed by atoms with Crippen LogP contribution in [0.5, 0.6) is 0 Å². The molecule has 2 N–H and O–H groups in total. The van der Waals surface area contributed by atoms with Gasteiger partial charge >= 0.3 is 0 Å². The molecule has 0 fully saturated rings. The van der Waals surface area contributed by atoms with Crippen molar-refractivity contribution in [1.29, 1.82) is 0 Å². The van der Waals surface area contributed by atoms with Crippen molar-refractivity contribution in [3.63, 3.8) is 0 Å². The summed E-state index contributed by atoms with van der Waals surface area (Å²) >= 11 is 1.76. The van der Waals surface area contributed by atoms with Crippen LogP contribution in [0.1, 0.15) is 10.4 Å². The van der Waals surface area contributed by atoms with Crippen molar-refractivity contribution in [2.45, 2.75) is 13.8 Å². The van der Waals surface area contributed by atoms with Gasteiger partial charge in [0.1, 0.15) is 0 Å². The van der Waals surface area contributed by atoms with Crippen LogP contribution in [0.2, 0.25) is 0 Å². The Morgan fingerprint density at radius 1 is 1.07 bits per heavy atom. The smallest absolute Gasteiger partial charge is 0.0396 e. The van der Waals surface area contributed by atoms with Crippen molar-refractivity contribution in [2.75, 3.05) is 5.73 Å². The highest BCUT2D eigenvalue weighted by molar-refractivity contribution is 7.10. The molecule has 2 rings (SSSR count). The van der Waals surface area contributed by atoms with Gasteiger partial charge in [-0.25, -0.2) is 0 Å². The van der Waals surface area contributed by atoms with E-state index in [1.54, 1.807) is 11.3 Å². The monoisotopic (exact) mass is 203 g/mol. The van der Waals surface area contributed by atoms with Crippen LogP contribution in [0.3, 0.4) is 0 Å². The predicted molar refractivity (Wildman–Crippen MR) is 63.6 cm³/mol. The van der Waals surface area contributed by atoms with Crippen LogP contribution in [-0.4, -0.2) is 0 Å². The van der Waals surface area contributed by atoms with E-state index in [4.69, 9.17) is 5.73 Å². The van der Waals surface area contributed by atoms with Gasteiger partial charge in [-0.05, 0) is 42.5 Å². The minimum atomic E-state index is 0.867. The lowest BCUT2D eigenvalue weighted by atomic mass is 10.0. The molecule has 72 valence electrons. The zero-order valence-electron chi connectivity index (χ0n) is 8.37. The number of nitrogens with two attached hydrogens (primary N) is 1. The van der Waals surface area contributed by atoms with Crippen LogP contribution in [0.25, 0.3) is 11.1 Å². The van der Waals surface area contributed by atoms with Gasteiger partial charge < -0.3 is 5.73 Å². The first-order valence-electron chi connectivity index (χ1n) is 4.59. The van der Waals surface area contributed by atoms with Crippen LogP contribution >= 0.6 is 11.3 Å². The average molecular weight is 203 g/mol. The molecule has 0 aliphatic rings. The van der Waals surface area contributed by atoms with Gasteiger partial charge in [0, 0.05) is 16.1 Å². The van der Waals surface area contributed by atoms with Crippen molar-refractivity contribution < 1.29 is 0 Å². The molecule has 0 radical (unpaired) electrons. The quantitative estimate of drug-likeness (QED) is 0.704. The maximum absolute atomic E-state index is 5.99. The Hall–Kier alpha value is -1.28. The van der Waals surface area contributed by atoms with Crippen LogP contribution in [0.15, 0.2) is 29.6 Å². The van der Waals surface area contributed by atoms with E-state index >= 15 is 0 Å². The zero-order valence-corrected chi connectivity index (χ0v) is 9.19. The van der Waals surface area contributed by atoms with E-state index < -0.39 is 0 Å². The third-order valence-electron chi connectivity index (χ3n) is 2.36. The minimum Gasteiger partial charge on any atom is -0.398 e. The summed E-state index contributed by atoms with van der Waals surface area (Å²) in [6, 6.07) is 8.34. The van der Waals surface area contributed by atoms with Crippen LogP contribution in [0.4, 0.5) is 5.69 Å². The number of anilines is 1. The van der Waals surface area contributed by atoms with Crippen LogP contribution in [-0.2, 0) is 0 Å². The third-order valence-corrected chi connectivity index (χ3v) is 3.20. The molecule has 1 aromatic carbocycles. The summed E-state index contributed by atoms with van der Waals surface area (Å²) < 4.78 is 0. The lowest BCUT2D eigenvalue weighted by Gasteiger charge is -2.05. The first-order chi connectivity index (χ1) is 6.68. The fourth-order valence-corrected chi connectivity index (χ4v) is 2.31. The molecule has 0 unspecified atom stereocenters. The maximum Gasteiger partial charge on any atom is 0.0396 e. The lowest BCUT2D eigenvalue weighted by Crippen LogP contribution is -1.90. The zero-order chi connectivity index (χ0) is 10.1. The summed E-state index contributed by atoms with van der Waals surface area (Å²) in [5.74, 6) is 0. The summed E-state index contributed by atoms with van der Waals surface area (Å²) in [5.41, 5.74) is 10.5. The molecule has 0 atom stereocenters. The molecule has 0 spiro atoms. The summed E-state index contributed by atoms with van der Waals surface area (Å²) in [4.78, 5) is 1.32. The molecule has 1 aromatic heterocycles. The number of aryl methyl sites for hydroxylation is 2. The summed E-state index contributed by atoms with van der Waals surface area (Å²) in [5, 5.41) is 2.10. The Balaban J connectivity index is 2.58. The van der Waals surface area contributed by atoms with E-state index in [1.807, 2.05) is 6.07 Å². The number of nitrogen functional groups attached to an aromatic ring is 1. The van der Waals surface area contributed by atoms with Crippen LogP contribution in [0, 0.1) is 13.8 Å². The summed E-state index contributed by atoms with van der Waals surface area (Å²) in [7, 11) is 0. The van der Waals surface area contributed by atoms with Crippen LogP contribution < -0.4 is 5.73 Å². The second kappa shape index (κ2) is 3.46. The summed E-state index contributed by atoms with van der Waals surface area (Å²) in [6.45, 7) is 4.18. The number of hydrogen-bond donors (Lipinski definition) is 1. The number of benzene rings is 1. The largest absolute Gasteiger partial charge is 0.398 e. The van der Waals surface area contributed by atoms with Gasteiger partial charge in [-0.3, -0.25) is 0 Å². The van der Waals surface area contributed by atoms with Gasteiger partial charge in [-0.2, -0.15) is 0 Å². The Bertz CT molecular complexity index is 457. The first kappa shape index (κ1) is 9.28. The lowest BCUT2D eigenvalue weighted by molar-refractivity contribution is 1.46. The van der Waals surface area contributed by atoms with E-state index in [0.717, 1.165) is 11.3 Å². The molecule has 0 saturated carbocycles. The highest BCUT2D eigenvalue weighted by atomic mass is 32.1. The van der Waals surface area contributed by atoms with E-state index in [0.29, 0.717) is 0 Å². The van der Waals surface area contributed by atoms with E-state index in [-0.39, 0.29) is 0 Å². The van der Waals surface area contributed by atoms with E-state index in [1.165, 1.54) is 16.0 Å². The van der Waals surface area contributed by atoms with E-state index in [9.17, 15) is 0 Å². The molecular formula is C12H13NS. The molecule has 0 saturated heterocycles. The predicted octanol–water partition coefficient (Wildman–Crippen LogP) is 3.61. The molecule has 14 heavy (non-hydrogen) atoms. The van der Waals surface area contributed by atoms with Gasteiger partial charge in [-0.1, -0.05) is 12.1 Å². The Kier molecular flexibility index (Phi) is 2.30. The number of rotatable bonds is 1. The highest BCUT2D eigenvalue weighted by Gasteiger charge is 2.05.